The summed E-state index contributed by atoms with van der Waals surface area (Å²) in [5.74, 6) is -1.12. The van der Waals surface area contributed by atoms with Crippen molar-refractivity contribution in [3.63, 3.8) is 0 Å². The van der Waals surface area contributed by atoms with E-state index in [9.17, 15) is 13.2 Å². The topological polar surface area (TPSA) is 56.0 Å². The van der Waals surface area contributed by atoms with Crippen LogP contribution in [0.25, 0.3) is 16.9 Å². The van der Waals surface area contributed by atoms with Gasteiger partial charge in [-0.3, -0.25) is 0 Å². The predicted molar refractivity (Wildman–Crippen MR) is 80.0 cm³/mol. The zero-order chi connectivity index (χ0) is 17.1. The van der Waals surface area contributed by atoms with Crippen LogP contribution in [-0.2, 0) is 0 Å². The van der Waals surface area contributed by atoms with E-state index in [-0.39, 0.29) is 10.8 Å². The highest BCUT2D eigenvalue weighted by Crippen LogP contribution is 2.29. The number of aryl methyl sites for hydroxylation is 1. The molecule has 0 fully saturated rings. The molecule has 0 saturated heterocycles. The summed E-state index contributed by atoms with van der Waals surface area (Å²) in [5, 5.41) is 4.24. The Morgan fingerprint density at radius 2 is 1.91 bits per heavy atom. The van der Waals surface area contributed by atoms with Gasteiger partial charge >= 0.3 is 0 Å². The number of halogens is 4. The van der Waals surface area contributed by atoms with Crippen LogP contribution in [0.15, 0.2) is 18.6 Å². The summed E-state index contributed by atoms with van der Waals surface area (Å²) in [6.07, 6.45) is -0.923. The molecule has 3 aromatic heterocycles. The Balaban J connectivity index is 0.000000924. The van der Waals surface area contributed by atoms with E-state index in [1.165, 1.54) is 12.4 Å². The lowest BCUT2D eigenvalue weighted by Crippen LogP contribution is -2.01. The molecule has 0 saturated carbocycles. The van der Waals surface area contributed by atoms with Crippen molar-refractivity contribution in [3.8, 4) is 11.3 Å². The second kappa shape index (κ2) is 6.91. The Kier molecular flexibility index (Phi) is 5.15. The summed E-state index contributed by atoms with van der Waals surface area (Å²) in [4.78, 5) is 11.4. The van der Waals surface area contributed by atoms with Crippen molar-refractivity contribution in [1.29, 1.82) is 0 Å². The zero-order valence-corrected chi connectivity index (χ0v) is 13.3. The first kappa shape index (κ1) is 17.1. The fourth-order valence-corrected chi connectivity index (χ4v) is 2.14. The SMILES string of the molecule is CC.Cc1nn2cc(F)c(C(F)F)nc2c1-c1cc(Cl)ncn1. The first-order valence-corrected chi connectivity index (χ1v) is 7.16. The fraction of sp³-hybridized carbons (Fsp3) is 0.286. The molecule has 122 valence electrons. The third-order valence-electron chi connectivity index (χ3n) is 2.86. The summed E-state index contributed by atoms with van der Waals surface area (Å²) >= 11 is 5.79. The van der Waals surface area contributed by atoms with Gasteiger partial charge in [-0.25, -0.2) is 32.6 Å². The van der Waals surface area contributed by atoms with Crippen molar-refractivity contribution in [1.82, 2.24) is 24.6 Å². The van der Waals surface area contributed by atoms with Crippen LogP contribution in [0, 0.1) is 12.7 Å². The number of hydrogen-bond acceptors (Lipinski definition) is 4. The average Bonchev–Trinajstić information content (AvgIpc) is 2.83. The van der Waals surface area contributed by atoms with Crippen molar-refractivity contribution in [2.24, 2.45) is 0 Å². The van der Waals surface area contributed by atoms with Gasteiger partial charge in [-0.2, -0.15) is 5.10 Å². The Bertz CT molecular complexity index is 835. The van der Waals surface area contributed by atoms with Gasteiger partial charge in [0.1, 0.15) is 17.2 Å². The van der Waals surface area contributed by atoms with E-state index in [2.05, 4.69) is 20.1 Å². The molecule has 3 aromatic rings. The lowest BCUT2D eigenvalue weighted by atomic mass is 10.2. The number of aromatic nitrogens is 5. The van der Waals surface area contributed by atoms with E-state index in [0.29, 0.717) is 17.0 Å². The quantitative estimate of drug-likeness (QED) is 0.653. The minimum atomic E-state index is -3.02. The lowest BCUT2D eigenvalue weighted by molar-refractivity contribution is 0.140. The van der Waals surface area contributed by atoms with Crippen molar-refractivity contribution in [3.05, 3.63) is 40.9 Å². The molecule has 23 heavy (non-hydrogen) atoms. The van der Waals surface area contributed by atoms with E-state index < -0.39 is 17.9 Å². The van der Waals surface area contributed by atoms with Crippen LogP contribution in [0.5, 0.6) is 0 Å². The van der Waals surface area contributed by atoms with Gasteiger partial charge in [0.2, 0.25) is 0 Å². The van der Waals surface area contributed by atoms with Crippen LogP contribution in [0.2, 0.25) is 5.15 Å². The summed E-state index contributed by atoms with van der Waals surface area (Å²) in [6, 6.07) is 1.46. The largest absolute Gasteiger partial charge is 0.283 e. The van der Waals surface area contributed by atoms with Crippen molar-refractivity contribution >= 4 is 17.2 Å². The van der Waals surface area contributed by atoms with E-state index in [4.69, 9.17) is 11.6 Å². The summed E-state index contributed by atoms with van der Waals surface area (Å²) in [7, 11) is 0. The fourth-order valence-electron chi connectivity index (χ4n) is 2.00. The average molecular weight is 344 g/mol. The molecule has 0 spiro atoms. The standard InChI is InChI=1S/C12H7ClF3N5.C2H6/c1-5-9(7-2-8(13)18-4-17-7)12-19-10(11(15)16)6(14)3-21(12)20-5;1-2/h2-4,11H,1H3;1-2H3. The number of hydrogen-bond donors (Lipinski definition) is 0. The van der Waals surface area contributed by atoms with Gasteiger partial charge in [0.15, 0.2) is 11.5 Å². The Hall–Kier alpha value is -2.22. The maximum atomic E-state index is 13.5. The summed E-state index contributed by atoms with van der Waals surface area (Å²) < 4.78 is 40.2. The molecular formula is C14H13ClF3N5. The second-order valence-electron chi connectivity index (χ2n) is 4.23. The number of nitrogens with zero attached hydrogens (tertiary/aromatic N) is 5. The molecule has 0 N–H and O–H groups in total. The molecule has 0 aromatic carbocycles. The van der Waals surface area contributed by atoms with E-state index in [1.54, 1.807) is 6.92 Å². The van der Waals surface area contributed by atoms with E-state index >= 15 is 0 Å². The Morgan fingerprint density at radius 1 is 1.22 bits per heavy atom. The molecule has 0 unspecified atom stereocenters. The van der Waals surface area contributed by atoms with Gasteiger partial charge in [-0.1, -0.05) is 25.4 Å². The molecule has 3 rings (SSSR count). The molecule has 0 atom stereocenters. The third kappa shape index (κ3) is 3.26. The van der Waals surface area contributed by atoms with Gasteiger partial charge in [0.25, 0.3) is 6.43 Å². The van der Waals surface area contributed by atoms with Gasteiger partial charge in [0.05, 0.1) is 23.1 Å². The van der Waals surface area contributed by atoms with Crippen LogP contribution in [0.4, 0.5) is 13.2 Å². The number of fused-ring (bicyclic) bond motifs is 1. The first-order valence-electron chi connectivity index (χ1n) is 6.79. The maximum Gasteiger partial charge on any atom is 0.283 e. The van der Waals surface area contributed by atoms with Gasteiger partial charge in [-0.05, 0) is 6.92 Å². The summed E-state index contributed by atoms with van der Waals surface area (Å²) in [6.45, 7) is 5.64. The van der Waals surface area contributed by atoms with Crippen molar-refractivity contribution in [2.75, 3.05) is 0 Å². The monoisotopic (exact) mass is 343 g/mol. The highest BCUT2D eigenvalue weighted by molar-refractivity contribution is 6.29. The van der Waals surface area contributed by atoms with Gasteiger partial charge < -0.3 is 0 Å². The molecule has 0 aliphatic carbocycles. The summed E-state index contributed by atoms with van der Waals surface area (Å²) in [5.41, 5.74) is 0.397. The Labute approximate surface area is 135 Å². The minimum Gasteiger partial charge on any atom is -0.236 e. The molecule has 3 heterocycles. The van der Waals surface area contributed by atoms with Crippen LogP contribution in [-0.4, -0.2) is 24.6 Å². The lowest BCUT2D eigenvalue weighted by Gasteiger charge is -2.03. The molecule has 9 heteroatoms. The van der Waals surface area contributed by atoms with Gasteiger partial charge in [-0.15, -0.1) is 0 Å². The molecule has 5 nitrogen and oxygen atoms in total. The molecule has 0 aliphatic rings. The van der Waals surface area contributed by atoms with Gasteiger partial charge in [0, 0.05) is 6.07 Å². The normalized spacial score (nSPS) is 10.8. The highest BCUT2D eigenvalue weighted by atomic mass is 35.5. The molecule has 0 radical (unpaired) electrons. The van der Waals surface area contributed by atoms with Crippen molar-refractivity contribution < 1.29 is 13.2 Å². The smallest absolute Gasteiger partial charge is 0.236 e. The van der Waals surface area contributed by atoms with Crippen LogP contribution in [0.1, 0.15) is 31.7 Å². The molecular weight excluding hydrogens is 331 g/mol. The highest BCUT2D eigenvalue weighted by Gasteiger charge is 2.21. The number of rotatable bonds is 2. The van der Waals surface area contributed by atoms with Crippen LogP contribution < -0.4 is 0 Å². The third-order valence-corrected chi connectivity index (χ3v) is 3.07. The molecule has 0 amide bonds. The maximum absolute atomic E-state index is 13.5. The second-order valence-corrected chi connectivity index (χ2v) is 4.62. The molecule has 0 aliphatic heterocycles. The zero-order valence-electron chi connectivity index (χ0n) is 12.6. The van der Waals surface area contributed by atoms with E-state index in [0.717, 1.165) is 10.7 Å². The molecule has 0 bridgehead atoms. The van der Waals surface area contributed by atoms with E-state index in [1.807, 2.05) is 13.8 Å². The predicted octanol–water partition coefficient (Wildman–Crippen LogP) is 4.25. The minimum absolute atomic E-state index is 0.0824. The first-order chi connectivity index (χ1) is 11.0. The Morgan fingerprint density at radius 3 is 2.52 bits per heavy atom. The van der Waals surface area contributed by atoms with Crippen molar-refractivity contribution in [2.45, 2.75) is 27.2 Å². The van der Waals surface area contributed by atoms with Crippen LogP contribution >= 0.6 is 11.6 Å². The van der Waals surface area contributed by atoms with Crippen LogP contribution in [0.3, 0.4) is 0 Å². The number of alkyl halides is 2.